The Morgan fingerprint density at radius 2 is 2.11 bits per heavy atom. The summed E-state index contributed by atoms with van der Waals surface area (Å²) in [5.74, 6) is 1.31. The van der Waals surface area contributed by atoms with Crippen molar-refractivity contribution >= 4 is 32.2 Å². The Hall–Kier alpha value is -1.47. The summed E-state index contributed by atoms with van der Waals surface area (Å²) in [5.41, 5.74) is 0.867. The van der Waals surface area contributed by atoms with Gasteiger partial charge in [-0.3, -0.25) is 0 Å². The summed E-state index contributed by atoms with van der Waals surface area (Å²) in [5, 5.41) is 23.3. The number of phenols is 1. The first-order valence-corrected chi connectivity index (χ1v) is 7.38. The fraction of sp³-hybridized carbons (Fsp3) is 0.250. The molecule has 0 spiro atoms. The zero-order valence-corrected chi connectivity index (χ0v) is 12.7. The number of halogens is 1. The van der Waals surface area contributed by atoms with Crippen LogP contribution in [0.25, 0.3) is 15.5 Å². The van der Waals surface area contributed by atoms with Gasteiger partial charge in [-0.05, 0) is 28.1 Å². The number of aromatic nitrogens is 4. The van der Waals surface area contributed by atoms with Crippen LogP contribution in [0.2, 0.25) is 0 Å². The van der Waals surface area contributed by atoms with E-state index in [4.69, 9.17) is 0 Å². The van der Waals surface area contributed by atoms with Crippen LogP contribution >= 0.6 is 27.3 Å². The Kier molecular flexibility index (Phi) is 3.02. The topological polar surface area (TPSA) is 63.3 Å². The van der Waals surface area contributed by atoms with Crippen LogP contribution in [0.3, 0.4) is 0 Å². The van der Waals surface area contributed by atoms with Crippen molar-refractivity contribution in [2.45, 2.75) is 19.8 Å². The lowest BCUT2D eigenvalue weighted by Gasteiger charge is -2.00. The van der Waals surface area contributed by atoms with Gasteiger partial charge in [0.05, 0.1) is 4.47 Å². The lowest BCUT2D eigenvalue weighted by molar-refractivity contribution is 0.472. The molecule has 7 heteroatoms. The molecular formula is C12H11BrN4OS. The third-order valence-corrected chi connectivity index (χ3v) is 4.34. The molecule has 0 amide bonds. The quantitative estimate of drug-likeness (QED) is 0.777. The molecule has 0 aliphatic heterocycles. The van der Waals surface area contributed by atoms with Crippen molar-refractivity contribution < 1.29 is 5.11 Å². The molecule has 19 heavy (non-hydrogen) atoms. The Labute approximate surface area is 122 Å². The van der Waals surface area contributed by atoms with E-state index in [0.29, 0.717) is 4.47 Å². The van der Waals surface area contributed by atoms with E-state index in [1.807, 2.05) is 6.07 Å². The molecule has 3 rings (SSSR count). The van der Waals surface area contributed by atoms with E-state index < -0.39 is 0 Å². The van der Waals surface area contributed by atoms with Gasteiger partial charge in [-0.25, -0.2) is 0 Å². The summed E-state index contributed by atoms with van der Waals surface area (Å²) in [7, 11) is 0. The lowest BCUT2D eigenvalue weighted by Crippen LogP contribution is -1.97. The number of fused-ring (bicyclic) bond motifs is 1. The SMILES string of the molecule is CC(C)c1nnc2sc(-c3ccc(Br)c(O)c3)nn12. The van der Waals surface area contributed by atoms with Gasteiger partial charge in [0.15, 0.2) is 5.82 Å². The predicted octanol–water partition coefficient (Wildman–Crippen LogP) is 3.44. The van der Waals surface area contributed by atoms with Gasteiger partial charge in [0.1, 0.15) is 10.8 Å². The third kappa shape index (κ3) is 2.12. The molecule has 98 valence electrons. The van der Waals surface area contributed by atoms with Gasteiger partial charge in [-0.2, -0.15) is 9.61 Å². The van der Waals surface area contributed by atoms with E-state index >= 15 is 0 Å². The molecule has 0 fully saturated rings. The molecule has 3 aromatic rings. The first-order chi connectivity index (χ1) is 9.06. The molecular weight excluding hydrogens is 328 g/mol. The van der Waals surface area contributed by atoms with Gasteiger partial charge in [-0.15, -0.1) is 10.2 Å². The van der Waals surface area contributed by atoms with Crippen LogP contribution < -0.4 is 0 Å². The molecule has 0 saturated carbocycles. The van der Waals surface area contributed by atoms with Crippen molar-refractivity contribution in [3.05, 3.63) is 28.5 Å². The zero-order valence-electron chi connectivity index (χ0n) is 10.3. The van der Waals surface area contributed by atoms with E-state index in [-0.39, 0.29) is 11.7 Å². The largest absolute Gasteiger partial charge is 0.507 e. The highest BCUT2D eigenvalue weighted by atomic mass is 79.9. The van der Waals surface area contributed by atoms with Crippen LogP contribution in [-0.2, 0) is 0 Å². The summed E-state index contributed by atoms with van der Waals surface area (Å²) in [6.07, 6.45) is 0. The van der Waals surface area contributed by atoms with Gasteiger partial charge in [0, 0.05) is 11.5 Å². The predicted molar refractivity (Wildman–Crippen MR) is 77.5 cm³/mol. The Morgan fingerprint density at radius 1 is 1.32 bits per heavy atom. The average molecular weight is 339 g/mol. The standard InChI is InChI=1S/C12H11BrN4OS/c1-6(2)10-14-15-12-17(10)16-11(19-12)7-3-4-8(13)9(18)5-7/h3-6,18H,1-2H3. The summed E-state index contributed by atoms with van der Waals surface area (Å²) in [4.78, 5) is 0.765. The van der Waals surface area contributed by atoms with Crippen molar-refractivity contribution in [1.29, 1.82) is 0 Å². The molecule has 0 atom stereocenters. The fourth-order valence-corrected chi connectivity index (χ4v) is 2.84. The summed E-state index contributed by atoms with van der Waals surface area (Å²) in [6.45, 7) is 4.11. The van der Waals surface area contributed by atoms with Gasteiger partial charge in [0.25, 0.3) is 0 Å². The van der Waals surface area contributed by atoms with E-state index in [1.165, 1.54) is 11.3 Å². The van der Waals surface area contributed by atoms with E-state index in [1.54, 1.807) is 16.6 Å². The molecule has 0 aliphatic rings. The third-order valence-electron chi connectivity index (χ3n) is 2.72. The van der Waals surface area contributed by atoms with E-state index in [0.717, 1.165) is 21.4 Å². The van der Waals surface area contributed by atoms with E-state index in [9.17, 15) is 5.11 Å². The van der Waals surface area contributed by atoms with Crippen LogP contribution in [0.5, 0.6) is 5.75 Å². The van der Waals surface area contributed by atoms with Crippen molar-refractivity contribution in [3.63, 3.8) is 0 Å². The monoisotopic (exact) mass is 338 g/mol. The molecule has 0 saturated heterocycles. The van der Waals surface area contributed by atoms with Crippen molar-refractivity contribution in [1.82, 2.24) is 19.8 Å². The molecule has 0 bridgehead atoms. The molecule has 0 aliphatic carbocycles. The van der Waals surface area contributed by atoms with Crippen LogP contribution in [0.15, 0.2) is 22.7 Å². The van der Waals surface area contributed by atoms with Gasteiger partial charge in [0.2, 0.25) is 4.96 Å². The number of rotatable bonds is 2. The van der Waals surface area contributed by atoms with E-state index in [2.05, 4.69) is 45.1 Å². The minimum absolute atomic E-state index is 0.201. The number of hydrogen-bond acceptors (Lipinski definition) is 5. The van der Waals surface area contributed by atoms with Crippen LogP contribution in [0.1, 0.15) is 25.6 Å². The summed E-state index contributed by atoms with van der Waals surface area (Å²) < 4.78 is 2.44. The second-order valence-electron chi connectivity index (χ2n) is 4.48. The van der Waals surface area contributed by atoms with Crippen LogP contribution in [0, 0.1) is 0 Å². The Morgan fingerprint density at radius 3 is 2.79 bits per heavy atom. The molecule has 2 aromatic heterocycles. The molecule has 2 heterocycles. The number of aromatic hydroxyl groups is 1. The second-order valence-corrected chi connectivity index (χ2v) is 6.29. The highest BCUT2D eigenvalue weighted by molar-refractivity contribution is 9.10. The molecule has 1 aromatic carbocycles. The summed E-state index contributed by atoms with van der Waals surface area (Å²) in [6, 6.07) is 5.39. The average Bonchev–Trinajstić information content (AvgIpc) is 2.91. The number of hydrogen-bond donors (Lipinski definition) is 1. The maximum atomic E-state index is 9.72. The number of benzene rings is 1. The minimum atomic E-state index is 0.201. The minimum Gasteiger partial charge on any atom is -0.507 e. The maximum absolute atomic E-state index is 9.72. The van der Waals surface area contributed by atoms with Crippen molar-refractivity contribution in [3.8, 4) is 16.3 Å². The number of nitrogens with zero attached hydrogens (tertiary/aromatic N) is 4. The van der Waals surface area contributed by atoms with Crippen LogP contribution in [-0.4, -0.2) is 24.9 Å². The Balaban J connectivity index is 2.12. The molecule has 1 N–H and O–H groups in total. The summed E-state index contributed by atoms with van der Waals surface area (Å²) >= 11 is 4.72. The zero-order chi connectivity index (χ0) is 13.6. The molecule has 5 nitrogen and oxygen atoms in total. The van der Waals surface area contributed by atoms with Crippen LogP contribution in [0.4, 0.5) is 0 Å². The van der Waals surface area contributed by atoms with Gasteiger partial charge >= 0.3 is 0 Å². The normalized spacial score (nSPS) is 11.6. The first kappa shape index (κ1) is 12.6. The van der Waals surface area contributed by atoms with Gasteiger partial charge < -0.3 is 5.11 Å². The maximum Gasteiger partial charge on any atom is 0.234 e. The number of phenolic OH excluding ortho intramolecular Hbond substituents is 1. The second kappa shape index (κ2) is 4.57. The fourth-order valence-electron chi connectivity index (χ4n) is 1.75. The highest BCUT2D eigenvalue weighted by Crippen LogP contribution is 2.32. The van der Waals surface area contributed by atoms with Crippen molar-refractivity contribution in [2.75, 3.05) is 0 Å². The highest BCUT2D eigenvalue weighted by Gasteiger charge is 2.15. The van der Waals surface area contributed by atoms with Crippen molar-refractivity contribution in [2.24, 2.45) is 0 Å². The first-order valence-electron chi connectivity index (χ1n) is 5.77. The molecule has 0 radical (unpaired) electrons. The van der Waals surface area contributed by atoms with Gasteiger partial charge in [-0.1, -0.05) is 31.3 Å². The lowest BCUT2D eigenvalue weighted by atomic mass is 10.2. The smallest absolute Gasteiger partial charge is 0.234 e. The molecule has 0 unspecified atom stereocenters. The Bertz CT molecular complexity index is 749.